The van der Waals surface area contributed by atoms with Crippen LogP contribution in [0.1, 0.15) is 10.7 Å². The van der Waals surface area contributed by atoms with Gasteiger partial charge >= 0.3 is 0 Å². The van der Waals surface area contributed by atoms with E-state index in [1.807, 2.05) is 26.1 Å². The number of rotatable bonds is 3. The monoisotopic (exact) mass is 262 g/mol. The summed E-state index contributed by atoms with van der Waals surface area (Å²) in [6.07, 6.45) is 0. The second-order valence-corrected chi connectivity index (χ2v) is 5.20. The first-order chi connectivity index (χ1) is 8.78. The smallest absolute Gasteiger partial charge is 0.231 e. The molecule has 0 fully saturated rings. The van der Waals surface area contributed by atoms with E-state index < -0.39 is 0 Å². The molecule has 3 rings (SSSR count). The Kier molecular flexibility index (Phi) is 2.93. The van der Waals surface area contributed by atoms with E-state index >= 15 is 0 Å². The fourth-order valence-electron chi connectivity index (χ4n) is 1.98. The fourth-order valence-corrected chi connectivity index (χ4v) is 3.06. The van der Waals surface area contributed by atoms with Gasteiger partial charge in [0.25, 0.3) is 0 Å². The average molecular weight is 262 g/mol. The number of benzene rings is 1. The maximum Gasteiger partial charge on any atom is 0.231 e. The van der Waals surface area contributed by atoms with Crippen LogP contribution in [-0.4, -0.2) is 18.8 Å². The Hall–Kier alpha value is -1.59. The highest BCUT2D eigenvalue weighted by Crippen LogP contribution is 2.38. The van der Waals surface area contributed by atoms with Crippen molar-refractivity contribution in [2.75, 3.05) is 13.8 Å². The number of ether oxygens (including phenoxy) is 2. The van der Waals surface area contributed by atoms with Crippen LogP contribution >= 0.6 is 11.3 Å². The summed E-state index contributed by atoms with van der Waals surface area (Å²) in [5.74, 6) is 1.63. The van der Waals surface area contributed by atoms with Crippen LogP contribution in [0.25, 0.3) is 10.4 Å². The van der Waals surface area contributed by atoms with Crippen LogP contribution in [0.4, 0.5) is 0 Å². The number of hydrogen-bond donors (Lipinski definition) is 1. The van der Waals surface area contributed by atoms with Gasteiger partial charge in [-0.25, -0.2) is 4.98 Å². The van der Waals surface area contributed by atoms with E-state index in [1.54, 1.807) is 11.3 Å². The lowest BCUT2D eigenvalue weighted by Crippen LogP contribution is -2.04. The van der Waals surface area contributed by atoms with Crippen molar-refractivity contribution in [2.24, 2.45) is 0 Å². The average Bonchev–Trinajstić information content (AvgIpc) is 2.95. The van der Waals surface area contributed by atoms with Crippen molar-refractivity contribution in [3.63, 3.8) is 0 Å². The minimum atomic E-state index is 0.311. The maximum atomic E-state index is 5.40. The zero-order valence-electron chi connectivity index (χ0n) is 10.3. The lowest BCUT2D eigenvalue weighted by Gasteiger charge is -2.01. The van der Waals surface area contributed by atoms with E-state index in [9.17, 15) is 0 Å². The first kappa shape index (κ1) is 11.5. The molecular formula is C13H14N2O2S. The molecule has 0 bridgehead atoms. The van der Waals surface area contributed by atoms with Gasteiger partial charge < -0.3 is 14.8 Å². The second-order valence-electron chi connectivity index (χ2n) is 4.12. The van der Waals surface area contributed by atoms with Crippen molar-refractivity contribution >= 4 is 11.3 Å². The van der Waals surface area contributed by atoms with Crippen molar-refractivity contribution in [3.8, 4) is 21.9 Å². The molecule has 1 aromatic heterocycles. The molecule has 0 unspecified atom stereocenters. The maximum absolute atomic E-state index is 5.40. The van der Waals surface area contributed by atoms with Crippen LogP contribution in [0.2, 0.25) is 0 Å². The molecule has 2 heterocycles. The summed E-state index contributed by atoms with van der Waals surface area (Å²) >= 11 is 1.71. The molecule has 0 saturated heterocycles. The van der Waals surface area contributed by atoms with E-state index in [1.165, 1.54) is 4.88 Å². The topological polar surface area (TPSA) is 43.4 Å². The first-order valence-corrected chi connectivity index (χ1v) is 6.60. The van der Waals surface area contributed by atoms with E-state index in [0.29, 0.717) is 6.79 Å². The number of hydrogen-bond acceptors (Lipinski definition) is 5. The van der Waals surface area contributed by atoms with Gasteiger partial charge in [-0.05, 0) is 37.7 Å². The molecule has 0 aliphatic carbocycles. The molecule has 18 heavy (non-hydrogen) atoms. The van der Waals surface area contributed by atoms with Gasteiger partial charge in [0.15, 0.2) is 11.5 Å². The third kappa shape index (κ3) is 1.95. The molecule has 5 heteroatoms. The molecule has 1 aliphatic heterocycles. The van der Waals surface area contributed by atoms with Gasteiger partial charge in [-0.2, -0.15) is 0 Å². The molecule has 0 radical (unpaired) electrons. The summed E-state index contributed by atoms with van der Waals surface area (Å²) in [6.45, 7) is 3.15. The highest BCUT2D eigenvalue weighted by atomic mass is 32.1. The Morgan fingerprint density at radius 1 is 1.33 bits per heavy atom. The Balaban J connectivity index is 1.99. The summed E-state index contributed by atoms with van der Waals surface area (Å²) in [5.41, 5.74) is 2.20. The SMILES string of the molecule is CNCc1nc(C)c(-c2ccc3c(c2)OCO3)s1. The molecule has 1 aromatic carbocycles. The molecule has 0 atom stereocenters. The number of aryl methyl sites for hydroxylation is 1. The predicted molar refractivity (Wildman–Crippen MR) is 71.2 cm³/mol. The first-order valence-electron chi connectivity index (χ1n) is 5.79. The lowest BCUT2D eigenvalue weighted by molar-refractivity contribution is 0.174. The number of aromatic nitrogens is 1. The molecule has 0 amide bonds. The van der Waals surface area contributed by atoms with Crippen LogP contribution in [-0.2, 0) is 6.54 Å². The van der Waals surface area contributed by atoms with Crippen LogP contribution in [0.15, 0.2) is 18.2 Å². The van der Waals surface area contributed by atoms with Gasteiger partial charge in [-0.1, -0.05) is 0 Å². The largest absolute Gasteiger partial charge is 0.454 e. The minimum absolute atomic E-state index is 0.311. The molecule has 4 nitrogen and oxygen atoms in total. The third-order valence-electron chi connectivity index (χ3n) is 2.80. The molecule has 1 aliphatic rings. The standard InChI is InChI=1S/C13H14N2O2S/c1-8-13(18-12(15-8)6-14-2)9-3-4-10-11(5-9)17-7-16-10/h3-5,14H,6-7H2,1-2H3. The summed E-state index contributed by atoms with van der Waals surface area (Å²) in [7, 11) is 1.93. The van der Waals surface area contributed by atoms with E-state index in [2.05, 4.69) is 16.4 Å². The summed E-state index contributed by atoms with van der Waals surface area (Å²) < 4.78 is 10.7. The van der Waals surface area contributed by atoms with E-state index in [0.717, 1.165) is 34.3 Å². The fraction of sp³-hybridized carbons (Fsp3) is 0.308. The second kappa shape index (κ2) is 4.59. The van der Waals surface area contributed by atoms with Crippen molar-refractivity contribution in [3.05, 3.63) is 28.9 Å². The molecule has 94 valence electrons. The summed E-state index contributed by atoms with van der Waals surface area (Å²) in [6, 6.07) is 6.03. The molecule has 0 spiro atoms. The van der Waals surface area contributed by atoms with Crippen LogP contribution in [0.3, 0.4) is 0 Å². The number of nitrogens with zero attached hydrogens (tertiary/aromatic N) is 1. The predicted octanol–water partition coefficient (Wildman–Crippen LogP) is 2.57. The highest BCUT2D eigenvalue weighted by molar-refractivity contribution is 7.15. The normalized spacial score (nSPS) is 13.0. The van der Waals surface area contributed by atoms with Gasteiger partial charge in [0.2, 0.25) is 6.79 Å². The zero-order chi connectivity index (χ0) is 12.5. The van der Waals surface area contributed by atoms with E-state index in [-0.39, 0.29) is 0 Å². The van der Waals surface area contributed by atoms with Gasteiger partial charge in [0.1, 0.15) is 5.01 Å². The Labute approximate surface area is 110 Å². The van der Waals surface area contributed by atoms with Crippen molar-refractivity contribution in [1.29, 1.82) is 0 Å². The molecule has 2 aromatic rings. The Morgan fingerprint density at radius 3 is 3.00 bits per heavy atom. The van der Waals surface area contributed by atoms with Gasteiger partial charge in [-0.15, -0.1) is 11.3 Å². The minimum Gasteiger partial charge on any atom is -0.454 e. The Morgan fingerprint density at radius 2 is 2.17 bits per heavy atom. The van der Waals surface area contributed by atoms with Crippen molar-refractivity contribution < 1.29 is 9.47 Å². The van der Waals surface area contributed by atoms with E-state index in [4.69, 9.17) is 9.47 Å². The van der Waals surface area contributed by atoms with Gasteiger partial charge in [0, 0.05) is 6.54 Å². The molecular weight excluding hydrogens is 248 g/mol. The van der Waals surface area contributed by atoms with Crippen molar-refractivity contribution in [2.45, 2.75) is 13.5 Å². The molecule has 0 saturated carbocycles. The van der Waals surface area contributed by atoms with Gasteiger partial charge in [0.05, 0.1) is 10.6 Å². The zero-order valence-corrected chi connectivity index (χ0v) is 11.1. The van der Waals surface area contributed by atoms with Crippen LogP contribution in [0, 0.1) is 6.92 Å². The van der Waals surface area contributed by atoms with Gasteiger partial charge in [-0.3, -0.25) is 0 Å². The third-order valence-corrected chi connectivity index (χ3v) is 4.01. The lowest BCUT2D eigenvalue weighted by atomic mass is 10.1. The number of fused-ring (bicyclic) bond motifs is 1. The number of thiazole rings is 1. The number of nitrogens with one attached hydrogen (secondary N) is 1. The Bertz CT molecular complexity index is 580. The summed E-state index contributed by atoms with van der Waals surface area (Å²) in [4.78, 5) is 5.75. The summed E-state index contributed by atoms with van der Waals surface area (Å²) in [5, 5.41) is 4.22. The quantitative estimate of drug-likeness (QED) is 0.923. The van der Waals surface area contributed by atoms with Crippen LogP contribution in [0.5, 0.6) is 11.5 Å². The molecule has 1 N–H and O–H groups in total. The van der Waals surface area contributed by atoms with Crippen molar-refractivity contribution in [1.82, 2.24) is 10.3 Å². The highest BCUT2D eigenvalue weighted by Gasteiger charge is 2.16. The van der Waals surface area contributed by atoms with Crippen LogP contribution < -0.4 is 14.8 Å².